The Morgan fingerprint density at radius 1 is 0.895 bits per heavy atom. The van der Waals surface area contributed by atoms with E-state index in [9.17, 15) is 18.0 Å². The highest BCUT2D eigenvalue weighted by molar-refractivity contribution is 7.92. The summed E-state index contributed by atoms with van der Waals surface area (Å²) in [7, 11) is -2.34. The number of nitrogens with one attached hydrogen (secondary N) is 1. The van der Waals surface area contributed by atoms with Crippen molar-refractivity contribution >= 4 is 50.7 Å². The molecule has 3 aromatic carbocycles. The SMILES string of the molecule is CNC(=O)C(Cc1ccccc1)N(Cc1ccc(Cl)c(Cl)c1)C(=O)CN(c1c(C)cccc1C)S(C)(=O)=O. The number of carbonyl (C=O) groups excluding carboxylic acids is 2. The summed E-state index contributed by atoms with van der Waals surface area (Å²) in [6.45, 7) is 3.13. The van der Waals surface area contributed by atoms with Gasteiger partial charge in [0, 0.05) is 20.0 Å². The molecule has 0 aliphatic carbocycles. The number of anilines is 1. The molecule has 0 spiro atoms. The van der Waals surface area contributed by atoms with E-state index >= 15 is 0 Å². The molecule has 0 radical (unpaired) electrons. The second kappa shape index (κ2) is 12.7. The molecule has 0 aliphatic heterocycles. The Morgan fingerprint density at radius 2 is 1.53 bits per heavy atom. The van der Waals surface area contributed by atoms with Crippen molar-refractivity contribution in [2.24, 2.45) is 0 Å². The number of rotatable bonds is 10. The molecule has 38 heavy (non-hydrogen) atoms. The van der Waals surface area contributed by atoms with Crippen molar-refractivity contribution in [3.8, 4) is 0 Å². The van der Waals surface area contributed by atoms with Gasteiger partial charge in [-0.3, -0.25) is 13.9 Å². The summed E-state index contributed by atoms with van der Waals surface area (Å²) in [5.74, 6) is -0.908. The van der Waals surface area contributed by atoms with E-state index in [1.54, 1.807) is 44.2 Å². The van der Waals surface area contributed by atoms with Gasteiger partial charge in [0.05, 0.1) is 22.0 Å². The van der Waals surface area contributed by atoms with Crippen LogP contribution < -0.4 is 9.62 Å². The first kappa shape index (κ1) is 29.5. The molecule has 0 aromatic heterocycles. The average molecular weight is 577 g/mol. The van der Waals surface area contributed by atoms with Crippen LogP contribution in [0.3, 0.4) is 0 Å². The zero-order chi connectivity index (χ0) is 28.0. The molecule has 1 unspecified atom stereocenters. The molecule has 1 N–H and O–H groups in total. The predicted octanol–water partition coefficient (Wildman–Crippen LogP) is 4.76. The van der Waals surface area contributed by atoms with Gasteiger partial charge in [0.15, 0.2) is 0 Å². The summed E-state index contributed by atoms with van der Waals surface area (Å²) in [5, 5.41) is 3.32. The first-order chi connectivity index (χ1) is 17.9. The maximum Gasteiger partial charge on any atom is 0.244 e. The van der Waals surface area contributed by atoms with Crippen LogP contribution in [0, 0.1) is 13.8 Å². The van der Waals surface area contributed by atoms with Gasteiger partial charge in [-0.05, 0) is 48.2 Å². The lowest BCUT2D eigenvalue weighted by molar-refractivity contribution is -0.139. The van der Waals surface area contributed by atoms with E-state index in [0.29, 0.717) is 32.4 Å². The van der Waals surface area contributed by atoms with E-state index in [-0.39, 0.29) is 18.9 Å². The zero-order valence-electron chi connectivity index (χ0n) is 21.7. The van der Waals surface area contributed by atoms with Crippen molar-refractivity contribution < 1.29 is 18.0 Å². The van der Waals surface area contributed by atoms with Crippen LogP contribution in [0.5, 0.6) is 0 Å². The van der Waals surface area contributed by atoms with E-state index in [2.05, 4.69) is 5.32 Å². The van der Waals surface area contributed by atoms with Crippen molar-refractivity contribution in [3.63, 3.8) is 0 Å². The predicted molar refractivity (Wildman–Crippen MR) is 153 cm³/mol. The molecule has 10 heteroatoms. The second-order valence-corrected chi connectivity index (χ2v) is 11.8. The third kappa shape index (κ3) is 7.28. The molecule has 0 saturated carbocycles. The lowest BCUT2D eigenvalue weighted by Crippen LogP contribution is -2.53. The highest BCUT2D eigenvalue weighted by Crippen LogP contribution is 2.28. The molecule has 0 heterocycles. The van der Waals surface area contributed by atoms with Crippen LogP contribution in [0.25, 0.3) is 0 Å². The number of hydrogen-bond acceptors (Lipinski definition) is 4. The van der Waals surface area contributed by atoms with Crippen molar-refractivity contribution in [3.05, 3.63) is 99.0 Å². The first-order valence-electron chi connectivity index (χ1n) is 11.9. The summed E-state index contributed by atoms with van der Waals surface area (Å²) >= 11 is 12.3. The molecule has 1 atom stereocenters. The number of sulfonamides is 1. The second-order valence-electron chi connectivity index (χ2n) is 9.10. The fourth-order valence-electron chi connectivity index (χ4n) is 4.33. The highest BCUT2D eigenvalue weighted by Gasteiger charge is 2.33. The maximum atomic E-state index is 14.0. The molecule has 0 aliphatic rings. The third-order valence-electron chi connectivity index (χ3n) is 6.22. The minimum absolute atomic E-state index is 0.0188. The molecular formula is C28H31Cl2N3O4S. The van der Waals surface area contributed by atoms with Crippen LogP contribution in [0.2, 0.25) is 10.0 Å². The molecule has 2 amide bonds. The Labute approximate surface area is 234 Å². The van der Waals surface area contributed by atoms with Crippen molar-refractivity contribution in [1.29, 1.82) is 0 Å². The number of hydrogen-bond donors (Lipinski definition) is 1. The maximum absolute atomic E-state index is 14.0. The van der Waals surface area contributed by atoms with Gasteiger partial charge in [-0.25, -0.2) is 8.42 Å². The Bertz CT molecular complexity index is 1390. The summed E-state index contributed by atoms with van der Waals surface area (Å²) < 4.78 is 27.0. The normalized spacial score (nSPS) is 12.1. The van der Waals surface area contributed by atoms with Gasteiger partial charge in [0.1, 0.15) is 12.6 Å². The van der Waals surface area contributed by atoms with Gasteiger partial charge < -0.3 is 10.2 Å². The van der Waals surface area contributed by atoms with Gasteiger partial charge in [0.2, 0.25) is 21.8 Å². The Balaban J connectivity index is 2.08. The summed E-state index contributed by atoms with van der Waals surface area (Å²) in [4.78, 5) is 28.5. The smallest absolute Gasteiger partial charge is 0.244 e. The van der Waals surface area contributed by atoms with Crippen LogP contribution in [-0.2, 0) is 32.6 Å². The Hall–Kier alpha value is -3.07. The first-order valence-corrected chi connectivity index (χ1v) is 14.6. The van der Waals surface area contributed by atoms with Crippen molar-refractivity contribution in [2.45, 2.75) is 32.9 Å². The number of amides is 2. The molecule has 202 valence electrons. The summed E-state index contributed by atoms with van der Waals surface area (Å²) in [5.41, 5.74) is 3.37. The van der Waals surface area contributed by atoms with Crippen LogP contribution in [-0.4, -0.2) is 51.0 Å². The molecular weight excluding hydrogens is 545 g/mol. The Morgan fingerprint density at radius 3 is 2.08 bits per heavy atom. The van der Waals surface area contributed by atoms with E-state index in [1.807, 2.05) is 36.4 Å². The lowest BCUT2D eigenvalue weighted by Gasteiger charge is -2.34. The van der Waals surface area contributed by atoms with E-state index in [4.69, 9.17) is 23.2 Å². The summed E-state index contributed by atoms with van der Waals surface area (Å²) in [6.07, 6.45) is 1.30. The van der Waals surface area contributed by atoms with Crippen molar-refractivity contribution in [1.82, 2.24) is 10.2 Å². The van der Waals surface area contributed by atoms with Crippen LogP contribution in [0.4, 0.5) is 5.69 Å². The number of halogens is 2. The van der Waals surface area contributed by atoms with E-state index in [0.717, 1.165) is 16.1 Å². The minimum Gasteiger partial charge on any atom is -0.357 e. The van der Waals surface area contributed by atoms with E-state index < -0.39 is 28.5 Å². The van der Waals surface area contributed by atoms with Gasteiger partial charge >= 0.3 is 0 Å². The quantitative estimate of drug-likeness (QED) is 0.377. The van der Waals surface area contributed by atoms with Gasteiger partial charge in [-0.15, -0.1) is 0 Å². The monoisotopic (exact) mass is 575 g/mol. The van der Waals surface area contributed by atoms with Gasteiger partial charge in [-0.1, -0.05) is 77.8 Å². The minimum atomic E-state index is -3.84. The summed E-state index contributed by atoms with van der Waals surface area (Å²) in [6, 6.07) is 18.8. The molecule has 3 aromatic rings. The number of benzene rings is 3. The Kier molecular flexibility index (Phi) is 9.82. The standard InChI is InChI=1S/C28H31Cl2N3O4S/c1-19-9-8-10-20(2)27(19)33(38(4,36)37)18-26(34)32(17-22-13-14-23(29)24(30)15-22)25(28(35)31-3)16-21-11-6-5-7-12-21/h5-15,25H,16-18H2,1-4H3,(H,31,35). The highest BCUT2D eigenvalue weighted by atomic mass is 35.5. The van der Waals surface area contributed by atoms with Crippen molar-refractivity contribution in [2.75, 3.05) is 24.2 Å². The third-order valence-corrected chi connectivity index (χ3v) is 8.07. The number of para-hydroxylation sites is 1. The molecule has 3 rings (SSSR count). The number of aryl methyl sites for hydroxylation is 2. The molecule has 0 saturated heterocycles. The molecule has 0 fully saturated rings. The number of carbonyl (C=O) groups is 2. The van der Waals surface area contributed by atoms with Crippen LogP contribution >= 0.6 is 23.2 Å². The molecule has 7 nitrogen and oxygen atoms in total. The zero-order valence-corrected chi connectivity index (χ0v) is 24.1. The average Bonchev–Trinajstić information content (AvgIpc) is 2.87. The topological polar surface area (TPSA) is 86.8 Å². The van der Waals surface area contributed by atoms with Gasteiger partial charge in [0.25, 0.3) is 0 Å². The van der Waals surface area contributed by atoms with Gasteiger partial charge in [-0.2, -0.15) is 0 Å². The van der Waals surface area contributed by atoms with E-state index in [1.165, 1.54) is 11.9 Å². The number of likely N-dealkylation sites (N-methyl/N-ethyl adjacent to an activating group) is 1. The largest absolute Gasteiger partial charge is 0.357 e. The fourth-order valence-corrected chi connectivity index (χ4v) is 5.62. The lowest BCUT2D eigenvalue weighted by atomic mass is 10.0. The molecule has 0 bridgehead atoms. The van der Waals surface area contributed by atoms with Crippen LogP contribution in [0.15, 0.2) is 66.7 Å². The number of nitrogens with zero attached hydrogens (tertiary/aromatic N) is 2. The fraction of sp³-hybridized carbons (Fsp3) is 0.286. The van der Waals surface area contributed by atoms with Crippen LogP contribution in [0.1, 0.15) is 22.3 Å².